The number of carbonyl (C=O) groups excluding carboxylic acids is 1. The highest BCUT2D eigenvalue weighted by Gasteiger charge is 2.10. The standard InChI is InChI=1S/C16H16BrNO2/c1-12(13-7-3-2-4-8-13)18-16(19)11-20-15-10-6-5-9-14(15)17/h2-10,12H,11H2,1H3,(H,18,19). The quantitative estimate of drug-likeness (QED) is 0.905. The van der Waals surface area contributed by atoms with Crippen LogP contribution in [0.15, 0.2) is 59.1 Å². The SMILES string of the molecule is CC(NC(=O)COc1ccccc1Br)c1ccccc1. The molecule has 104 valence electrons. The average Bonchev–Trinajstić information content (AvgIpc) is 2.47. The highest BCUT2D eigenvalue weighted by atomic mass is 79.9. The predicted octanol–water partition coefficient (Wildman–Crippen LogP) is 3.71. The third-order valence-corrected chi connectivity index (χ3v) is 3.53. The number of nitrogens with one attached hydrogen (secondary N) is 1. The molecule has 1 atom stereocenters. The summed E-state index contributed by atoms with van der Waals surface area (Å²) in [6, 6.07) is 17.3. The Bertz CT molecular complexity index is 572. The average molecular weight is 334 g/mol. The minimum atomic E-state index is -0.142. The Labute approximate surface area is 127 Å². The number of rotatable bonds is 5. The Hall–Kier alpha value is -1.81. The van der Waals surface area contributed by atoms with Crippen LogP contribution >= 0.6 is 15.9 Å². The van der Waals surface area contributed by atoms with Crippen molar-refractivity contribution in [2.75, 3.05) is 6.61 Å². The van der Waals surface area contributed by atoms with Gasteiger partial charge in [0.25, 0.3) is 5.91 Å². The lowest BCUT2D eigenvalue weighted by atomic mass is 10.1. The van der Waals surface area contributed by atoms with E-state index in [1.807, 2.05) is 61.5 Å². The van der Waals surface area contributed by atoms with Crippen LogP contribution in [0.2, 0.25) is 0 Å². The van der Waals surface area contributed by atoms with Gasteiger partial charge in [0.1, 0.15) is 5.75 Å². The van der Waals surface area contributed by atoms with Gasteiger partial charge in [-0.15, -0.1) is 0 Å². The highest BCUT2D eigenvalue weighted by molar-refractivity contribution is 9.10. The topological polar surface area (TPSA) is 38.3 Å². The molecule has 4 heteroatoms. The van der Waals surface area contributed by atoms with Crippen molar-refractivity contribution in [3.8, 4) is 5.75 Å². The van der Waals surface area contributed by atoms with Crippen LogP contribution in [0.5, 0.6) is 5.75 Å². The molecule has 0 saturated carbocycles. The Kier molecular flexibility index (Phi) is 5.18. The molecule has 1 amide bonds. The van der Waals surface area contributed by atoms with Crippen LogP contribution in [0.1, 0.15) is 18.5 Å². The molecule has 0 heterocycles. The monoisotopic (exact) mass is 333 g/mol. The van der Waals surface area contributed by atoms with Gasteiger partial charge in [-0.3, -0.25) is 4.79 Å². The third-order valence-electron chi connectivity index (χ3n) is 2.87. The van der Waals surface area contributed by atoms with Gasteiger partial charge in [-0.1, -0.05) is 42.5 Å². The second-order valence-corrected chi connectivity index (χ2v) is 5.27. The summed E-state index contributed by atoms with van der Waals surface area (Å²) >= 11 is 3.38. The second kappa shape index (κ2) is 7.10. The summed E-state index contributed by atoms with van der Waals surface area (Å²) in [7, 11) is 0. The van der Waals surface area contributed by atoms with Crippen LogP contribution < -0.4 is 10.1 Å². The van der Waals surface area contributed by atoms with Crippen molar-refractivity contribution in [2.45, 2.75) is 13.0 Å². The first-order valence-electron chi connectivity index (χ1n) is 6.38. The van der Waals surface area contributed by atoms with Crippen molar-refractivity contribution in [1.82, 2.24) is 5.32 Å². The Morgan fingerprint density at radius 1 is 1.15 bits per heavy atom. The molecule has 0 aliphatic rings. The van der Waals surface area contributed by atoms with Gasteiger partial charge in [-0.25, -0.2) is 0 Å². The fourth-order valence-corrected chi connectivity index (χ4v) is 2.21. The summed E-state index contributed by atoms with van der Waals surface area (Å²) in [6.45, 7) is 1.95. The maximum Gasteiger partial charge on any atom is 0.258 e. The molecule has 1 unspecified atom stereocenters. The second-order valence-electron chi connectivity index (χ2n) is 4.42. The van der Waals surface area contributed by atoms with Gasteiger partial charge in [0, 0.05) is 0 Å². The van der Waals surface area contributed by atoms with Crippen LogP contribution in [-0.4, -0.2) is 12.5 Å². The minimum Gasteiger partial charge on any atom is -0.483 e. The summed E-state index contributed by atoms with van der Waals surface area (Å²) in [6.07, 6.45) is 0. The van der Waals surface area contributed by atoms with Crippen molar-refractivity contribution in [2.24, 2.45) is 0 Å². The van der Waals surface area contributed by atoms with Crippen LogP contribution in [0.25, 0.3) is 0 Å². The van der Waals surface area contributed by atoms with E-state index in [9.17, 15) is 4.79 Å². The lowest BCUT2D eigenvalue weighted by Crippen LogP contribution is -2.31. The fourth-order valence-electron chi connectivity index (χ4n) is 1.81. The Balaban J connectivity index is 1.86. The van der Waals surface area contributed by atoms with Gasteiger partial charge < -0.3 is 10.1 Å². The van der Waals surface area contributed by atoms with Crippen LogP contribution in [0.4, 0.5) is 0 Å². The molecule has 0 spiro atoms. The molecule has 0 saturated heterocycles. The number of amides is 1. The predicted molar refractivity (Wildman–Crippen MR) is 82.6 cm³/mol. The van der Waals surface area contributed by atoms with E-state index in [1.165, 1.54) is 0 Å². The van der Waals surface area contributed by atoms with Gasteiger partial charge in [-0.05, 0) is 40.5 Å². The molecule has 3 nitrogen and oxygen atoms in total. The smallest absolute Gasteiger partial charge is 0.258 e. The molecule has 0 aliphatic carbocycles. The summed E-state index contributed by atoms with van der Waals surface area (Å²) in [4.78, 5) is 11.9. The van der Waals surface area contributed by atoms with Gasteiger partial charge in [0.15, 0.2) is 6.61 Å². The molecular weight excluding hydrogens is 318 g/mol. The van der Waals surface area contributed by atoms with E-state index >= 15 is 0 Å². The van der Waals surface area contributed by atoms with E-state index < -0.39 is 0 Å². The molecule has 20 heavy (non-hydrogen) atoms. The van der Waals surface area contributed by atoms with Crippen molar-refractivity contribution in [3.63, 3.8) is 0 Å². The van der Waals surface area contributed by atoms with Crippen molar-refractivity contribution in [3.05, 3.63) is 64.6 Å². The van der Waals surface area contributed by atoms with Gasteiger partial charge in [-0.2, -0.15) is 0 Å². The van der Waals surface area contributed by atoms with E-state index in [2.05, 4.69) is 21.2 Å². The van der Waals surface area contributed by atoms with Crippen molar-refractivity contribution >= 4 is 21.8 Å². The normalized spacial score (nSPS) is 11.7. The first-order valence-corrected chi connectivity index (χ1v) is 7.18. The molecule has 0 aliphatic heterocycles. The van der Waals surface area contributed by atoms with Crippen LogP contribution in [0, 0.1) is 0 Å². The first kappa shape index (κ1) is 14.6. The van der Waals surface area contributed by atoms with Crippen LogP contribution in [-0.2, 0) is 4.79 Å². The third kappa shape index (κ3) is 4.10. The lowest BCUT2D eigenvalue weighted by Gasteiger charge is -2.15. The number of hydrogen-bond acceptors (Lipinski definition) is 2. The van der Waals surface area contributed by atoms with Gasteiger partial charge >= 0.3 is 0 Å². The van der Waals surface area contributed by atoms with Gasteiger partial charge in [0.05, 0.1) is 10.5 Å². The maximum atomic E-state index is 11.9. The Morgan fingerprint density at radius 2 is 1.80 bits per heavy atom. The minimum absolute atomic E-state index is 0.000211. The molecule has 0 bridgehead atoms. The number of benzene rings is 2. The molecule has 0 radical (unpaired) electrons. The van der Waals surface area contributed by atoms with E-state index in [0.29, 0.717) is 5.75 Å². The van der Waals surface area contributed by atoms with Crippen LogP contribution in [0.3, 0.4) is 0 Å². The molecule has 2 aromatic rings. The van der Waals surface area contributed by atoms with E-state index in [4.69, 9.17) is 4.74 Å². The Morgan fingerprint density at radius 3 is 2.50 bits per heavy atom. The molecular formula is C16H16BrNO2. The summed E-state index contributed by atoms with van der Waals surface area (Å²) in [5.41, 5.74) is 1.07. The van der Waals surface area contributed by atoms with E-state index in [-0.39, 0.29) is 18.6 Å². The lowest BCUT2D eigenvalue weighted by molar-refractivity contribution is -0.123. The van der Waals surface area contributed by atoms with E-state index in [0.717, 1.165) is 10.0 Å². The summed E-state index contributed by atoms with van der Waals surface area (Å²) < 4.78 is 6.31. The molecule has 2 aromatic carbocycles. The largest absolute Gasteiger partial charge is 0.483 e. The maximum absolute atomic E-state index is 11.9. The molecule has 1 N–H and O–H groups in total. The van der Waals surface area contributed by atoms with E-state index in [1.54, 1.807) is 0 Å². The zero-order valence-corrected chi connectivity index (χ0v) is 12.8. The summed E-state index contributed by atoms with van der Waals surface area (Å²) in [5, 5.41) is 2.91. The van der Waals surface area contributed by atoms with Crippen molar-refractivity contribution in [1.29, 1.82) is 0 Å². The fraction of sp³-hybridized carbons (Fsp3) is 0.188. The first-order chi connectivity index (χ1) is 9.66. The number of carbonyl (C=O) groups is 1. The number of para-hydroxylation sites is 1. The number of ether oxygens (including phenoxy) is 1. The van der Waals surface area contributed by atoms with Crippen molar-refractivity contribution < 1.29 is 9.53 Å². The zero-order chi connectivity index (χ0) is 14.4. The zero-order valence-electron chi connectivity index (χ0n) is 11.2. The molecule has 0 aromatic heterocycles. The number of hydrogen-bond donors (Lipinski definition) is 1. The molecule has 2 rings (SSSR count). The van der Waals surface area contributed by atoms with Gasteiger partial charge in [0.2, 0.25) is 0 Å². The highest BCUT2D eigenvalue weighted by Crippen LogP contribution is 2.23. The molecule has 0 fully saturated rings. The summed E-state index contributed by atoms with van der Waals surface area (Å²) in [5.74, 6) is 0.520. The number of halogens is 1.